The summed E-state index contributed by atoms with van der Waals surface area (Å²) in [5, 5.41) is 1.72. The van der Waals surface area contributed by atoms with Crippen LogP contribution in [-0.2, 0) is 4.79 Å². The Balaban J connectivity index is 0. The van der Waals surface area contributed by atoms with Crippen LogP contribution in [0.5, 0.6) is 0 Å². The zero-order chi connectivity index (χ0) is 11.6. The van der Waals surface area contributed by atoms with Gasteiger partial charge in [-0.2, -0.15) is 0 Å². The summed E-state index contributed by atoms with van der Waals surface area (Å²) in [6.07, 6.45) is 4.57. The second-order valence-corrected chi connectivity index (χ2v) is 4.72. The van der Waals surface area contributed by atoms with E-state index in [1.807, 2.05) is 0 Å². The van der Waals surface area contributed by atoms with Crippen LogP contribution in [0.2, 0.25) is 0 Å². The SMILES string of the molecule is CCC([SiH3])=C(CC)CC.CN(C)C=O. The molecule has 0 rings (SSSR count). The largest absolute Gasteiger partial charge is 0.351 e. The lowest BCUT2D eigenvalue weighted by Gasteiger charge is -2.04. The smallest absolute Gasteiger partial charge is 0.209 e. The zero-order valence-corrected chi connectivity index (χ0v) is 12.6. The fourth-order valence-electron chi connectivity index (χ4n) is 1.10. The number of allylic oxidation sites excluding steroid dienone is 2. The van der Waals surface area contributed by atoms with Crippen molar-refractivity contribution < 1.29 is 4.79 Å². The number of nitrogens with zero attached hydrogens (tertiary/aromatic N) is 1. The molecule has 0 N–H and O–H groups in total. The maximum atomic E-state index is 9.43. The van der Waals surface area contributed by atoms with Gasteiger partial charge in [0.2, 0.25) is 6.41 Å². The highest BCUT2D eigenvalue weighted by atomic mass is 28.1. The molecular formula is C11H25NOSi. The summed E-state index contributed by atoms with van der Waals surface area (Å²) in [7, 11) is 4.65. The van der Waals surface area contributed by atoms with Crippen molar-refractivity contribution in [2.45, 2.75) is 40.0 Å². The number of rotatable bonds is 4. The van der Waals surface area contributed by atoms with Crippen molar-refractivity contribution >= 4 is 16.7 Å². The Labute approximate surface area is 91.8 Å². The number of hydrogen-bond acceptors (Lipinski definition) is 1. The van der Waals surface area contributed by atoms with Crippen molar-refractivity contribution in [2.24, 2.45) is 0 Å². The van der Waals surface area contributed by atoms with E-state index in [4.69, 9.17) is 0 Å². The quantitative estimate of drug-likeness (QED) is 0.514. The number of carbonyl (C=O) groups is 1. The summed E-state index contributed by atoms with van der Waals surface area (Å²) in [6.45, 7) is 6.77. The van der Waals surface area contributed by atoms with Gasteiger partial charge in [0.05, 0.1) is 0 Å². The highest BCUT2D eigenvalue weighted by molar-refractivity contribution is 6.21. The summed E-state index contributed by atoms with van der Waals surface area (Å²) in [4.78, 5) is 10.9. The van der Waals surface area contributed by atoms with Gasteiger partial charge in [0.15, 0.2) is 0 Å². The van der Waals surface area contributed by atoms with Gasteiger partial charge in [-0.25, -0.2) is 0 Å². The van der Waals surface area contributed by atoms with Gasteiger partial charge in [0, 0.05) is 24.3 Å². The first-order chi connectivity index (χ1) is 6.53. The molecule has 0 heterocycles. The van der Waals surface area contributed by atoms with Crippen LogP contribution >= 0.6 is 0 Å². The zero-order valence-electron chi connectivity index (χ0n) is 10.6. The van der Waals surface area contributed by atoms with Crippen LogP contribution < -0.4 is 0 Å². The monoisotopic (exact) mass is 215 g/mol. The molecule has 14 heavy (non-hydrogen) atoms. The van der Waals surface area contributed by atoms with Gasteiger partial charge in [-0.05, 0) is 19.3 Å². The van der Waals surface area contributed by atoms with Gasteiger partial charge >= 0.3 is 0 Å². The van der Waals surface area contributed by atoms with E-state index < -0.39 is 0 Å². The number of carbonyl (C=O) groups excluding carboxylic acids is 1. The predicted molar refractivity (Wildman–Crippen MR) is 67.6 cm³/mol. The Morgan fingerprint density at radius 1 is 1.14 bits per heavy atom. The van der Waals surface area contributed by atoms with E-state index in [0.717, 1.165) is 6.41 Å². The summed E-state index contributed by atoms with van der Waals surface area (Å²) in [5.74, 6) is 0. The molecule has 0 unspecified atom stereocenters. The highest BCUT2D eigenvalue weighted by Gasteiger charge is 1.93. The predicted octanol–water partition coefficient (Wildman–Crippen LogP) is 1.54. The summed E-state index contributed by atoms with van der Waals surface area (Å²) in [6, 6.07) is 0. The Hall–Kier alpha value is -0.573. The maximum Gasteiger partial charge on any atom is 0.209 e. The Morgan fingerprint density at radius 3 is 1.57 bits per heavy atom. The van der Waals surface area contributed by atoms with Gasteiger partial charge in [-0.3, -0.25) is 4.79 Å². The van der Waals surface area contributed by atoms with Crippen LogP contribution in [0.25, 0.3) is 0 Å². The van der Waals surface area contributed by atoms with E-state index in [2.05, 4.69) is 20.8 Å². The molecule has 0 aromatic carbocycles. The van der Waals surface area contributed by atoms with Crippen LogP contribution in [-0.4, -0.2) is 35.6 Å². The number of amides is 1. The lowest BCUT2D eigenvalue weighted by molar-refractivity contribution is -0.115. The maximum absolute atomic E-state index is 9.43. The third kappa shape index (κ3) is 9.51. The van der Waals surface area contributed by atoms with Crippen LogP contribution in [0.3, 0.4) is 0 Å². The van der Waals surface area contributed by atoms with Crippen LogP contribution in [0.15, 0.2) is 10.8 Å². The van der Waals surface area contributed by atoms with Gasteiger partial charge in [-0.1, -0.05) is 31.5 Å². The Morgan fingerprint density at radius 2 is 1.50 bits per heavy atom. The topological polar surface area (TPSA) is 20.3 Å². The third-order valence-corrected chi connectivity index (χ3v) is 3.61. The Bertz CT molecular complexity index is 170. The first kappa shape index (κ1) is 15.9. The molecule has 0 saturated carbocycles. The van der Waals surface area contributed by atoms with E-state index in [0.29, 0.717) is 0 Å². The highest BCUT2D eigenvalue weighted by Crippen LogP contribution is 2.11. The normalized spacial score (nSPS) is 8.64. The fraction of sp³-hybridized carbons (Fsp3) is 0.727. The average molecular weight is 215 g/mol. The van der Waals surface area contributed by atoms with Crippen LogP contribution in [0, 0.1) is 0 Å². The molecule has 0 aliphatic rings. The molecule has 0 aromatic rings. The van der Waals surface area contributed by atoms with Crippen molar-refractivity contribution in [1.82, 2.24) is 4.90 Å². The standard InChI is InChI=1S/C8H18Si.C3H7NO/c1-4-7(5-2)8(9)6-3;1-4(2)3-5/h4-6H2,1-3,9H3;3H,1-2H3. The molecule has 3 heteroatoms. The second kappa shape index (κ2) is 10.5. The minimum absolute atomic E-state index is 0.750. The van der Waals surface area contributed by atoms with Crippen molar-refractivity contribution in [3.05, 3.63) is 10.8 Å². The minimum Gasteiger partial charge on any atom is -0.351 e. The third-order valence-electron chi connectivity index (χ3n) is 2.20. The molecule has 0 aliphatic heterocycles. The molecule has 0 aromatic heterocycles. The van der Waals surface area contributed by atoms with Gasteiger partial charge in [0.1, 0.15) is 0 Å². The van der Waals surface area contributed by atoms with E-state index in [-0.39, 0.29) is 0 Å². The summed E-state index contributed by atoms with van der Waals surface area (Å²) >= 11 is 0. The van der Waals surface area contributed by atoms with E-state index in [9.17, 15) is 4.79 Å². The summed E-state index contributed by atoms with van der Waals surface area (Å²) in [5.41, 5.74) is 1.70. The van der Waals surface area contributed by atoms with Crippen LogP contribution in [0.1, 0.15) is 40.0 Å². The van der Waals surface area contributed by atoms with Crippen molar-refractivity contribution in [2.75, 3.05) is 14.1 Å². The molecule has 0 atom stereocenters. The first-order valence-corrected chi connectivity index (χ1v) is 6.32. The van der Waals surface area contributed by atoms with Crippen molar-refractivity contribution in [1.29, 1.82) is 0 Å². The van der Waals surface area contributed by atoms with Crippen LogP contribution in [0.4, 0.5) is 0 Å². The fourth-order valence-corrected chi connectivity index (χ4v) is 1.81. The molecule has 0 radical (unpaired) electrons. The first-order valence-electron chi connectivity index (χ1n) is 5.32. The molecule has 1 amide bonds. The summed E-state index contributed by atoms with van der Waals surface area (Å²) < 4.78 is 0. The van der Waals surface area contributed by atoms with Crippen molar-refractivity contribution in [3.63, 3.8) is 0 Å². The Kier molecular flexibility index (Phi) is 11.9. The lowest BCUT2D eigenvalue weighted by Crippen LogP contribution is -2.06. The van der Waals surface area contributed by atoms with Gasteiger partial charge < -0.3 is 4.90 Å². The van der Waals surface area contributed by atoms with E-state index >= 15 is 0 Å². The molecule has 84 valence electrons. The van der Waals surface area contributed by atoms with E-state index in [1.165, 1.54) is 34.4 Å². The van der Waals surface area contributed by atoms with Gasteiger partial charge in [-0.15, -0.1) is 0 Å². The second-order valence-electron chi connectivity index (χ2n) is 3.51. The minimum atomic E-state index is 0.750. The van der Waals surface area contributed by atoms with E-state index in [1.54, 1.807) is 24.9 Å². The molecular weight excluding hydrogens is 190 g/mol. The molecule has 0 aliphatic carbocycles. The average Bonchev–Trinajstić information content (AvgIpc) is 2.20. The number of hydrogen-bond donors (Lipinski definition) is 0. The molecule has 0 fully saturated rings. The van der Waals surface area contributed by atoms with Crippen molar-refractivity contribution in [3.8, 4) is 0 Å². The lowest BCUT2D eigenvalue weighted by atomic mass is 10.1. The molecule has 0 saturated heterocycles. The molecule has 0 spiro atoms. The van der Waals surface area contributed by atoms with Gasteiger partial charge in [0.25, 0.3) is 0 Å². The molecule has 2 nitrogen and oxygen atoms in total. The molecule has 0 bridgehead atoms.